The summed E-state index contributed by atoms with van der Waals surface area (Å²) in [6.45, 7) is 6.33. The first kappa shape index (κ1) is 16.0. The van der Waals surface area contributed by atoms with Gasteiger partial charge in [0.05, 0.1) is 5.70 Å². The summed E-state index contributed by atoms with van der Waals surface area (Å²) in [4.78, 5) is 26.3. The first-order chi connectivity index (χ1) is 9.90. The summed E-state index contributed by atoms with van der Waals surface area (Å²) < 4.78 is 0. The van der Waals surface area contributed by atoms with Gasteiger partial charge in [-0.25, -0.2) is 0 Å². The van der Waals surface area contributed by atoms with Gasteiger partial charge in [-0.05, 0) is 32.4 Å². The molecule has 4 nitrogen and oxygen atoms in total. The highest BCUT2D eigenvalue weighted by Gasteiger charge is 2.51. The molecule has 1 fully saturated rings. The van der Waals surface area contributed by atoms with Gasteiger partial charge in [0.25, 0.3) is 0 Å². The quantitative estimate of drug-likeness (QED) is 0.470. The minimum atomic E-state index is -0.107. The summed E-state index contributed by atoms with van der Waals surface area (Å²) in [5, 5.41) is 3.30. The van der Waals surface area contributed by atoms with Crippen LogP contribution < -0.4 is 5.32 Å². The summed E-state index contributed by atoms with van der Waals surface area (Å²) in [5.41, 5.74) is 2.13. The van der Waals surface area contributed by atoms with Crippen LogP contribution in [0, 0.1) is 0 Å². The maximum atomic E-state index is 12.7. The van der Waals surface area contributed by atoms with Crippen molar-refractivity contribution in [2.24, 2.45) is 0 Å². The number of likely N-dealkylation sites (N-methyl/N-ethyl adjacent to an activating group) is 1. The van der Waals surface area contributed by atoms with Crippen LogP contribution in [0.2, 0.25) is 0 Å². The maximum Gasteiger partial charge on any atom is 0.204 e. The number of Topliss-reactive ketones (excluding diaryl/α,β-unsaturated/α-hetero) is 1. The van der Waals surface area contributed by atoms with Gasteiger partial charge in [-0.3, -0.25) is 9.59 Å². The second-order valence-corrected chi connectivity index (χ2v) is 6.18. The summed E-state index contributed by atoms with van der Waals surface area (Å²) in [5.74, 6) is -0.107. The largest absolute Gasteiger partial charge is 0.360 e. The molecule has 0 aromatic carbocycles. The van der Waals surface area contributed by atoms with Crippen LogP contribution in [0.1, 0.15) is 40.0 Å². The molecule has 2 radical (unpaired) electrons. The van der Waals surface area contributed by atoms with Crippen molar-refractivity contribution in [3.05, 3.63) is 22.3 Å². The van der Waals surface area contributed by atoms with Gasteiger partial charge >= 0.3 is 0 Å². The summed E-state index contributed by atoms with van der Waals surface area (Å²) in [7, 11) is 7.71. The molecule has 2 unspecified atom stereocenters. The number of fused-ring (bicyclic) bond motifs is 1. The van der Waals surface area contributed by atoms with E-state index in [1.165, 1.54) is 0 Å². The van der Waals surface area contributed by atoms with E-state index < -0.39 is 0 Å². The van der Waals surface area contributed by atoms with Gasteiger partial charge in [-0.2, -0.15) is 0 Å². The molecule has 0 saturated carbocycles. The normalized spacial score (nSPS) is 29.5. The van der Waals surface area contributed by atoms with Gasteiger partial charge in [0.15, 0.2) is 0 Å². The number of carbonyl (C=O) groups is 2. The predicted molar refractivity (Wildman–Crippen MR) is 84.0 cm³/mol. The fourth-order valence-electron chi connectivity index (χ4n) is 3.53. The van der Waals surface area contributed by atoms with Gasteiger partial charge in [-0.15, -0.1) is 5.47 Å². The van der Waals surface area contributed by atoms with E-state index in [-0.39, 0.29) is 11.3 Å². The van der Waals surface area contributed by atoms with E-state index in [4.69, 9.17) is 7.85 Å². The van der Waals surface area contributed by atoms with E-state index in [0.29, 0.717) is 34.8 Å². The number of ketones is 1. The molecule has 2 aliphatic heterocycles. The lowest BCUT2D eigenvalue weighted by atomic mass is 9.87. The number of allylic oxidation sites excluding steroid dienone is 2. The standard InChI is InChI=1S/C16H23BN2O2/c1-5-16-6-12(9-20)14(15(21)10(2)11(3)17)19(16)8-13(7-16)18-4/h9,13,18H,5-8H2,1-4H3/b11-10+. The molecule has 0 aromatic heterocycles. The van der Waals surface area contributed by atoms with Crippen LogP contribution in [0.4, 0.5) is 0 Å². The highest BCUT2D eigenvalue weighted by atomic mass is 16.1. The Labute approximate surface area is 128 Å². The number of hydrogen-bond donors (Lipinski definition) is 1. The van der Waals surface area contributed by atoms with Gasteiger partial charge in [0, 0.05) is 30.1 Å². The Bertz CT molecular complexity index is 534. The van der Waals surface area contributed by atoms with Crippen LogP contribution in [0.5, 0.6) is 0 Å². The molecule has 1 saturated heterocycles. The lowest BCUT2D eigenvalue weighted by Crippen LogP contribution is -2.39. The monoisotopic (exact) mass is 286 g/mol. The van der Waals surface area contributed by atoms with Crippen LogP contribution in [-0.4, -0.2) is 50.0 Å². The van der Waals surface area contributed by atoms with Crippen molar-refractivity contribution < 1.29 is 9.59 Å². The van der Waals surface area contributed by atoms with Crippen molar-refractivity contribution in [3.63, 3.8) is 0 Å². The first-order valence-electron chi connectivity index (χ1n) is 7.51. The van der Waals surface area contributed by atoms with Gasteiger partial charge in [0.2, 0.25) is 5.78 Å². The van der Waals surface area contributed by atoms with E-state index in [1.807, 2.05) is 7.05 Å². The minimum absolute atomic E-state index is 0.0995. The van der Waals surface area contributed by atoms with Crippen LogP contribution in [0.25, 0.3) is 0 Å². The molecule has 2 rings (SSSR count). The average Bonchev–Trinajstić information content (AvgIpc) is 2.97. The Kier molecular flexibility index (Phi) is 4.42. The zero-order chi connectivity index (χ0) is 15.8. The Morgan fingerprint density at radius 2 is 2.19 bits per heavy atom. The Morgan fingerprint density at radius 1 is 1.52 bits per heavy atom. The predicted octanol–water partition coefficient (Wildman–Crippen LogP) is 1.32. The zero-order valence-corrected chi connectivity index (χ0v) is 13.3. The topological polar surface area (TPSA) is 49.4 Å². The maximum absolute atomic E-state index is 12.7. The fraction of sp³-hybridized carbons (Fsp3) is 0.625. The number of rotatable bonds is 5. The molecular formula is C16H23BN2O2. The number of hydrogen-bond acceptors (Lipinski definition) is 4. The molecule has 2 aliphatic rings. The Morgan fingerprint density at radius 3 is 2.67 bits per heavy atom. The number of carbonyl (C=O) groups excluding carboxylic acids is 2. The van der Waals surface area contributed by atoms with Crippen molar-refractivity contribution in [1.29, 1.82) is 0 Å². The van der Waals surface area contributed by atoms with Crippen molar-refractivity contribution >= 4 is 19.9 Å². The van der Waals surface area contributed by atoms with Crippen molar-refractivity contribution in [2.45, 2.75) is 51.6 Å². The van der Waals surface area contributed by atoms with Crippen molar-refractivity contribution in [1.82, 2.24) is 10.2 Å². The van der Waals surface area contributed by atoms with E-state index >= 15 is 0 Å². The average molecular weight is 286 g/mol. The number of aldehydes is 1. The third-order valence-corrected chi connectivity index (χ3v) is 5.05. The smallest absolute Gasteiger partial charge is 0.204 e. The summed E-state index contributed by atoms with van der Waals surface area (Å²) >= 11 is 0. The van der Waals surface area contributed by atoms with Gasteiger partial charge in [-0.1, -0.05) is 13.8 Å². The molecule has 5 heteroatoms. The summed E-state index contributed by atoms with van der Waals surface area (Å²) in [6.07, 6.45) is 3.38. The molecule has 0 amide bonds. The second-order valence-electron chi connectivity index (χ2n) is 6.18. The van der Waals surface area contributed by atoms with Crippen molar-refractivity contribution in [3.8, 4) is 0 Å². The van der Waals surface area contributed by atoms with E-state index in [9.17, 15) is 9.59 Å². The van der Waals surface area contributed by atoms with Crippen molar-refractivity contribution in [2.75, 3.05) is 13.6 Å². The van der Waals surface area contributed by atoms with Gasteiger partial charge < -0.3 is 10.2 Å². The molecule has 0 spiro atoms. The van der Waals surface area contributed by atoms with E-state index in [1.54, 1.807) is 13.8 Å². The third kappa shape index (κ3) is 2.48. The van der Waals surface area contributed by atoms with E-state index in [2.05, 4.69) is 17.1 Å². The number of nitrogens with one attached hydrogen (secondary N) is 1. The number of nitrogens with zero attached hydrogens (tertiary/aromatic N) is 1. The molecule has 0 aliphatic carbocycles. The molecule has 0 aromatic rings. The van der Waals surface area contributed by atoms with E-state index in [0.717, 1.165) is 25.7 Å². The highest BCUT2D eigenvalue weighted by molar-refractivity contribution is 6.26. The third-order valence-electron chi connectivity index (χ3n) is 5.05. The highest BCUT2D eigenvalue weighted by Crippen LogP contribution is 2.46. The lowest BCUT2D eigenvalue weighted by molar-refractivity contribution is -0.114. The zero-order valence-electron chi connectivity index (χ0n) is 13.3. The molecule has 21 heavy (non-hydrogen) atoms. The van der Waals surface area contributed by atoms with Crippen LogP contribution in [-0.2, 0) is 9.59 Å². The molecule has 2 atom stereocenters. The molecule has 2 heterocycles. The first-order valence-corrected chi connectivity index (χ1v) is 7.51. The SMILES string of the molecule is [B]/C(C)=C(\C)C(=O)C1=C(C=O)CC2(CC)CC(NC)CN12. The Balaban J connectivity index is 2.45. The lowest BCUT2D eigenvalue weighted by Gasteiger charge is -2.34. The minimum Gasteiger partial charge on any atom is -0.360 e. The molecule has 0 bridgehead atoms. The fourth-order valence-corrected chi connectivity index (χ4v) is 3.53. The summed E-state index contributed by atoms with van der Waals surface area (Å²) in [6, 6.07) is 0.351. The van der Waals surface area contributed by atoms with Crippen LogP contribution in [0.3, 0.4) is 0 Å². The molecule has 112 valence electrons. The molecular weight excluding hydrogens is 263 g/mol. The Hall–Kier alpha value is -1.36. The van der Waals surface area contributed by atoms with Crippen LogP contribution >= 0.6 is 0 Å². The second kappa shape index (κ2) is 5.80. The van der Waals surface area contributed by atoms with Gasteiger partial charge in [0.1, 0.15) is 14.1 Å². The van der Waals surface area contributed by atoms with Crippen LogP contribution in [0.15, 0.2) is 22.3 Å². The molecule has 1 N–H and O–H groups in total.